The molecule has 2 aromatic carbocycles. The van der Waals surface area contributed by atoms with Crippen LogP contribution >= 0.6 is 15.9 Å². The minimum absolute atomic E-state index is 0.0937. The molecular formula is C22H18BrNO4. The quantitative estimate of drug-likeness (QED) is 0.609. The van der Waals surface area contributed by atoms with Crippen molar-refractivity contribution in [3.05, 3.63) is 68.3 Å². The number of hydrogen-bond acceptors (Lipinski definition) is 5. The molecule has 142 valence electrons. The summed E-state index contributed by atoms with van der Waals surface area (Å²) in [5.74, 6) is 0.129. The van der Waals surface area contributed by atoms with Crippen molar-refractivity contribution < 1.29 is 14.3 Å². The van der Waals surface area contributed by atoms with Gasteiger partial charge in [-0.15, -0.1) is 0 Å². The zero-order valence-electron chi connectivity index (χ0n) is 15.2. The highest BCUT2D eigenvalue weighted by Crippen LogP contribution is 2.37. The van der Waals surface area contributed by atoms with E-state index in [1.54, 1.807) is 0 Å². The Morgan fingerprint density at radius 3 is 2.71 bits per heavy atom. The normalized spacial score (nSPS) is 14.9. The number of phenolic OH excluding ortho intramolecular Hbond substituents is 1. The summed E-state index contributed by atoms with van der Waals surface area (Å²) >= 11 is 3.48. The third-order valence-corrected chi connectivity index (χ3v) is 5.70. The molecule has 1 aliphatic rings. The molecule has 0 saturated heterocycles. The second kappa shape index (κ2) is 7.37. The van der Waals surface area contributed by atoms with E-state index in [1.165, 1.54) is 12.1 Å². The molecule has 0 bridgehead atoms. The number of halogens is 1. The van der Waals surface area contributed by atoms with Crippen LogP contribution in [0.25, 0.3) is 27.9 Å². The van der Waals surface area contributed by atoms with Gasteiger partial charge in [-0.2, -0.15) is 0 Å². The molecule has 0 atom stereocenters. The molecule has 0 amide bonds. The zero-order valence-corrected chi connectivity index (χ0v) is 16.8. The molecule has 5 nitrogen and oxygen atoms in total. The lowest BCUT2D eigenvalue weighted by molar-refractivity contribution is 0.112. The first kappa shape index (κ1) is 18.7. The average Bonchev–Trinajstić information content (AvgIpc) is 2.68. The van der Waals surface area contributed by atoms with Gasteiger partial charge in [0.2, 0.25) is 0 Å². The molecule has 0 saturated carbocycles. The summed E-state index contributed by atoms with van der Waals surface area (Å²) in [5.41, 5.74) is 2.46. The molecule has 0 radical (unpaired) electrons. The summed E-state index contributed by atoms with van der Waals surface area (Å²) in [5, 5.41) is 10.5. The van der Waals surface area contributed by atoms with Gasteiger partial charge in [-0.05, 0) is 31.2 Å². The van der Waals surface area contributed by atoms with Gasteiger partial charge in [0, 0.05) is 40.3 Å². The summed E-state index contributed by atoms with van der Waals surface area (Å²) in [6, 6.07) is 10.1. The SMILES string of the molecule is CN1CC=C(c2c(C=O)cc(O)c3c(=O)cc(-c4ccccc4Br)oc23)CC1. The molecule has 0 spiro atoms. The fourth-order valence-electron chi connectivity index (χ4n) is 3.55. The molecule has 3 aromatic rings. The number of carbonyl (C=O) groups is 1. The van der Waals surface area contributed by atoms with Gasteiger partial charge in [-0.25, -0.2) is 0 Å². The van der Waals surface area contributed by atoms with Gasteiger partial charge < -0.3 is 14.4 Å². The number of fused-ring (bicyclic) bond motifs is 1. The highest BCUT2D eigenvalue weighted by Gasteiger charge is 2.22. The molecule has 0 fully saturated rings. The fraction of sp³-hybridized carbons (Fsp3) is 0.182. The molecule has 2 heterocycles. The van der Waals surface area contributed by atoms with Crippen molar-refractivity contribution in [1.29, 1.82) is 0 Å². The Kier molecular flexibility index (Phi) is 4.91. The van der Waals surface area contributed by atoms with Crippen LogP contribution in [0.15, 0.2) is 56.2 Å². The Morgan fingerprint density at radius 2 is 2.04 bits per heavy atom. The van der Waals surface area contributed by atoms with E-state index >= 15 is 0 Å². The van der Waals surface area contributed by atoms with Crippen LogP contribution in [-0.4, -0.2) is 36.4 Å². The van der Waals surface area contributed by atoms with Gasteiger partial charge in [0.25, 0.3) is 0 Å². The summed E-state index contributed by atoms with van der Waals surface area (Å²) in [4.78, 5) is 26.8. The van der Waals surface area contributed by atoms with Gasteiger partial charge in [0.15, 0.2) is 17.3 Å². The van der Waals surface area contributed by atoms with E-state index in [2.05, 4.69) is 20.8 Å². The number of aldehydes is 1. The monoisotopic (exact) mass is 439 g/mol. The summed E-state index contributed by atoms with van der Waals surface area (Å²) in [7, 11) is 2.02. The zero-order chi connectivity index (χ0) is 19.8. The Labute approximate surface area is 170 Å². The number of hydrogen-bond donors (Lipinski definition) is 1. The molecule has 1 N–H and O–H groups in total. The van der Waals surface area contributed by atoms with Gasteiger partial charge in [0.1, 0.15) is 16.9 Å². The summed E-state index contributed by atoms with van der Waals surface area (Å²) < 4.78 is 6.93. The number of benzene rings is 2. The Hall–Kier alpha value is -2.70. The number of likely N-dealkylation sites (N-methyl/N-ethyl adjacent to an activating group) is 1. The minimum Gasteiger partial charge on any atom is -0.507 e. The topological polar surface area (TPSA) is 70.8 Å². The van der Waals surface area contributed by atoms with Gasteiger partial charge in [-0.3, -0.25) is 9.59 Å². The number of carbonyl (C=O) groups excluding carboxylic acids is 1. The number of phenols is 1. The first-order valence-corrected chi connectivity index (χ1v) is 9.70. The third-order valence-electron chi connectivity index (χ3n) is 5.01. The standard InChI is InChI=1S/C22H18BrNO4/c1-24-8-6-13(7-9-24)20-14(12-25)10-17(26)21-18(27)11-19(28-22(20)21)15-4-2-3-5-16(15)23/h2-6,10-12,26H,7-9H2,1H3. The van der Waals surface area contributed by atoms with Crippen LogP contribution in [0.5, 0.6) is 5.75 Å². The first-order valence-electron chi connectivity index (χ1n) is 8.91. The van der Waals surface area contributed by atoms with Crippen molar-refractivity contribution in [2.75, 3.05) is 20.1 Å². The Morgan fingerprint density at radius 1 is 1.25 bits per heavy atom. The van der Waals surface area contributed by atoms with E-state index in [-0.39, 0.29) is 22.1 Å². The van der Waals surface area contributed by atoms with Crippen LogP contribution in [0.3, 0.4) is 0 Å². The predicted molar refractivity (Wildman–Crippen MR) is 113 cm³/mol. The van der Waals surface area contributed by atoms with Gasteiger partial charge >= 0.3 is 0 Å². The largest absolute Gasteiger partial charge is 0.507 e. The Balaban J connectivity index is 2.07. The minimum atomic E-state index is -0.350. The first-order chi connectivity index (χ1) is 13.5. The molecule has 6 heteroatoms. The maximum atomic E-state index is 12.8. The fourth-order valence-corrected chi connectivity index (χ4v) is 4.03. The maximum Gasteiger partial charge on any atom is 0.197 e. The van der Waals surface area contributed by atoms with Gasteiger partial charge in [0.05, 0.1) is 0 Å². The predicted octanol–water partition coefficient (Wildman–Crippen LogP) is 4.46. The number of rotatable bonds is 3. The van der Waals surface area contributed by atoms with Crippen molar-refractivity contribution in [2.24, 2.45) is 0 Å². The van der Waals surface area contributed by atoms with Crippen LogP contribution in [0.1, 0.15) is 22.3 Å². The van der Waals surface area contributed by atoms with E-state index in [0.29, 0.717) is 23.2 Å². The molecular weight excluding hydrogens is 422 g/mol. The lowest BCUT2D eigenvalue weighted by Gasteiger charge is -2.23. The van der Waals surface area contributed by atoms with E-state index in [9.17, 15) is 14.7 Å². The van der Waals surface area contributed by atoms with E-state index in [4.69, 9.17) is 4.42 Å². The van der Waals surface area contributed by atoms with Crippen molar-refractivity contribution in [2.45, 2.75) is 6.42 Å². The average molecular weight is 440 g/mol. The van der Waals surface area contributed by atoms with Crippen molar-refractivity contribution >= 4 is 38.8 Å². The smallest absolute Gasteiger partial charge is 0.197 e. The van der Waals surface area contributed by atoms with Crippen LogP contribution < -0.4 is 5.43 Å². The van der Waals surface area contributed by atoms with E-state index in [1.807, 2.05) is 37.4 Å². The van der Waals surface area contributed by atoms with Crippen LogP contribution in [0.2, 0.25) is 0 Å². The van der Waals surface area contributed by atoms with Gasteiger partial charge in [-0.1, -0.05) is 40.2 Å². The lowest BCUT2D eigenvalue weighted by Crippen LogP contribution is -2.24. The second-order valence-electron chi connectivity index (χ2n) is 6.88. The molecule has 4 rings (SSSR count). The third kappa shape index (κ3) is 3.19. The van der Waals surface area contributed by atoms with Crippen molar-refractivity contribution in [3.63, 3.8) is 0 Å². The summed E-state index contributed by atoms with van der Waals surface area (Å²) in [6.07, 6.45) is 3.45. The van der Waals surface area contributed by atoms with Crippen LogP contribution in [0.4, 0.5) is 0 Å². The number of aromatic hydroxyl groups is 1. The van der Waals surface area contributed by atoms with Crippen LogP contribution in [-0.2, 0) is 0 Å². The highest BCUT2D eigenvalue weighted by atomic mass is 79.9. The van der Waals surface area contributed by atoms with E-state index in [0.717, 1.165) is 35.1 Å². The second-order valence-corrected chi connectivity index (χ2v) is 7.73. The molecule has 1 aliphatic heterocycles. The lowest BCUT2D eigenvalue weighted by atomic mass is 9.92. The number of nitrogens with zero attached hydrogens (tertiary/aromatic N) is 1. The molecule has 28 heavy (non-hydrogen) atoms. The molecule has 0 aliphatic carbocycles. The van der Waals surface area contributed by atoms with Crippen molar-refractivity contribution in [3.8, 4) is 17.1 Å². The Bertz CT molecular complexity index is 1180. The highest BCUT2D eigenvalue weighted by molar-refractivity contribution is 9.10. The van der Waals surface area contributed by atoms with Crippen LogP contribution in [0, 0.1) is 0 Å². The summed E-state index contributed by atoms with van der Waals surface area (Å²) in [6.45, 7) is 1.57. The van der Waals surface area contributed by atoms with E-state index < -0.39 is 0 Å². The maximum absolute atomic E-state index is 12.8. The molecule has 1 aromatic heterocycles. The van der Waals surface area contributed by atoms with Crippen molar-refractivity contribution in [1.82, 2.24) is 4.90 Å². The molecule has 0 unspecified atom stereocenters.